The van der Waals surface area contributed by atoms with Crippen LogP contribution in [0.25, 0.3) is 0 Å². The van der Waals surface area contributed by atoms with Gasteiger partial charge in [-0.2, -0.15) is 0 Å². The second-order valence-electron chi connectivity index (χ2n) is 4.70. The van der Waals surface area contributed by atoms with Gasteiger partial charge in [0.05, 0.1) is 0 Å². The first kappa shape index (κ1) is 14.9. The molecule has 15 heavy (non-hydrogen) atoms. The maximum Gasteiger partial charge on any atom is 0.00103 e. The van der Waals surface area contributed by atoms with E-state index in [1.54, 1.807) is 0 Å². The van der Waals surface area contributed by atoms with Gasteiger partial charge < -0.3 is 10.6 Å². The van der Waals surface area contributed by atoms with Crippen molar-refractivity contribution in [2.24, 2.45) is 5.92 Å². The van der Waals surface area contributed by atoms with Gasteiger partial charge in [0.2, 0.25) is 0 Å². The maximum absolute atomic E-state index is 3.55. The molecule has 2 nitrogen and oxygen atoms in total. The molecular formula is C13H30N2. The molecule has 0 rings (SSSR count). The fraction of sp³-hybridized carbons (Fsp3) is 1.00. The summed E-state index contributed by atoms with van der Waals surface area (Å²) >= 11 is 0. The minimum Gasteiger partial charge on any atom is -0.316 e. The van der Waals surface area contributed by atoms with E-state index in [0.29, 0.717) is 6.04 Å². The first-order valence-electron chi connectivity index (χ1n) is 6.64. The molecule has 0 aromatic heterocycles. The molecule has 0 bridgehead atoms. The predicted octanol–water partition coefficient (Wildman–Crippen LogP) is 2.79. The van der Waals surface area contributed by atoms with E-state index in [9.17, 15) is 0 Å². The van der Waals surface area contributed by atoms with Gasteiger partial charge in [0, 0.05) is 6.04 Å². The van der Waals surface area contributed by atoms with Gasteiger partial charge >= 0.3 is 0 Å². The summed E-state index contributed by atoms with van der Waals surface area (Å²) in [5, 5.41) is 6.99. The summed E-state index contributed by atoms with van der Waals surface area (Å²) in [5.41, 5.74) is 0. The molecular weight excluding hydrogens is 184 g/mol. The van der Waals surface area contributed by atoms with Crippen molar-refractivity contribution in [1.29, 1.82) is 0 Å². The van der Waals surface area contributed by atoms with Gasteiger partial charge in [0.25, 0.3) is 0 Å². The summed E-state index contributed by atoms with van der Waals surface area (Å²) in [6.45, 7) is 12.5. The molecule has 0 unspecified atom stereocenters. The van der Waals surface area contributed by atoms with Crippen LogP contribution in [0.2, 0.25) is 0 Å². The van der Waals surface area contributed by atoms with Crippen molar-refractivity contribution in [3.63, 3.8) is 0 Å². The normalized spacial score (nSPS) is 11.6. The SMILES string of the molecule is CCC(CC)CNCCCCNC(C)C. The Kier molecular flexibility index (Phi) is 10.4. The Bertz CT molecular complexity index is 120. The van der Waals surface area contributed by atoms with Crippen LogP contribution in [-0.2, 0) is 0 Å². The molecule has 0 aromatic rings. The Morgan fingerprint density at radius 1 is 0.933 bits per heavy atom. The molecule has 0 atom stereocenters. The zero-order valence-electron chi connectivity index (χ0n) is 11.1. The van der Waals surface area contributed by atoms with Gasteiger partial charge in [0.1, 0.15) is 0 Å². The van der Waals surface area contributed by atoms with Crippen molar-refractivity contribution in [1.82, 2.24) is 10.6 Å². The fourth-order valence-corrected chi connectivity index (χ4v) is 1.65. The molecule has 0 saturated heterocycles. The van der Waals surface area contributed by atoms with E-state index in [1.807, 2.05) is 0 Å². The summed E-state index contributed by atoms with van der Waals surface area (Å²) < 4.78 is 0. The van der Waals surface area contributed by atoms with Crippen LogP contribution in [0, 0.1) is 5.92 Å². The third kappa shape index (κ3) is 10.2. The molecule has 2 heteroatoms. The van der Waals surface area contributed by atoms with Crippen molar-refractivity contribution in [3.05, 3.63) is 0 Å². The standard InChI is InChI=1S/C13H30N2/c1-5-13(6-2)11-14-9-7-8-10-15-12(3)4/h12-15H,5-11H2,1-4H3. The second-order valence-corrected chi connectivity index (χ2v) is 4.70. The highest BCUT2D eigenvalue weighted by Crippen LogP contribution is 2.04. The van der Waals surface area contributed by atoms with E-state index < -0.39 is 0 Å². The highest BCUT2D eigenvalue weighted by molar-refractivity contribution is 4.59. The Morgan fingerprint density at radius 3 is 2.07 bits per heavy atom. The molecule has 92 valence electrons. The summed E-state index contributed by atoms with van der Waals surface area (Å²) in [5.74, 6) is 0.874. The van der Waals surface area contributed by atoms with Crippen LogP contribution in [0.1, 0.15) is 53.4 Å². The smallest absolute Gasteiger partial charge is 0.00103 e. The molecule has 0 aliphatic heterocycles. The van der Waals surface area contributed by atoms with Gasteiger partial charge in [-0.1, -0.05) is 40.5 Å². The lowest BCUT2D eigenvalue weighted by molar-refractivity contribution is 0.443. The van der Waals surface area contributed by atoms with Gasteiger partial charge in [-0.25, -0.2) is 0 Å². The number of rotatable bonds is 10. The quantitative estimate of drug-likeness (QED) is 0.546. The van der Waals surface area contributed by atoms with Crippen LogP contribution >= 0.6 is 0 Å². The third-order valence-corrected chi connectivity index (χ3v) is 2.92. The topological polar surface area (TPSA) is 24.1 Å². The molecule has 0 aromatic carbocycles. The van der Waals surface area contributed by atoms with Crippen LogP contribution in [-0.4, -0.2) is 25.7 Å². The zero-order valence-corrected chi connectivity index (χ0v) is 11.1. The minimum atomic E-state index is 0.627. The largest absolute Gasteiger partial charge is 0.316 e. The lowest BCUT2D eigenvalue weighted by Crippen LogP contribution is -2.26. The van der Waals surface area contributed by atoms with Crippen molar-refractivity contribution >= 4 is 0 Å². The van der Waals surface area contributed by atoms with E-state index in [4.69, 9.17) is 0 Å². The Hall–Kier alpha value is -0.0800. The van der Waals surface area contributed by atoms with Crippen molar-refractivity contribution < 1.29 is 0 Å². The van der Waals surface area contributed by atoms with Gasteiger partial charge in [0.15, 0.2) is 0 Å². The first-order chi connectivity index (χ1) is 7.20. The molecule has 2 N–H and O–H groups in total. The van der Waals surface area contributed by atoms with Gasteiger partial charge in [-0.15, -0.1) is 0 Å². The predicted molar refractivity (Wildman–Crippen MR) is 69.3 cm³/mol. The summed E-state index contributed by atoms with van der Waals surface area (Å²) in [6, 6.07) is 0.627. The van der Waals surface area contributed by atoms with Gasteiger partial charge in [-0.3, -0.25) is 0 Å². The molecule has 0 fully saturated rings. The highest BCUT2D eigenvalue weighted by Gasteiger charge is 2.01. The van der Waals surface area contributed by atoms with E-state index >= 15 is 0 Å². The van der Waals surface area contributed by atoms with Crippen molar-refractivity contribution in [2.45, 2.75) is 59.4 Å². The number of hydrogen-bond acceptors (Lipinski definition) is 2. The van der Waals surface area contributed by atoms with Crippen molar-refractivity contribution in [3.8, 4) is 0 Å². The van der Waals surface area contributed by atoms with Crippen LogP contribution in [0.4, 0.5) is 0 Å². The molecule has 0 saturated carbocycles. The molecule has 0 radical (unpaired) electrons. The maximum atomic E-state index is 3.55. The fourth-order valence-electron chi connectivity index (χ4n) is 1.65. The van der Waals surface area contributed by atoms with Crippen LogP contribution < -0.4 is 10.6 Å². The van der Waals surface area contributed by atoms with Crippen LogP contribution in [0.15, 0.2) is 0 Å². The highest BCUT2D eigenvalue weighted by atomic mass is 14.9. The molecule has 0 spiro atoms. The molecule has 0 heterocycles. The Labute approximate surface area is 96.2 Å². The first-order valence-corrected chi connectivity index (χ1v) is 6.64. The Balaban J connectivity index is 3.10. The number of hydrogen-bond donors (Lipinski definition) is 2. The van der Waals surface area contributed by atoms with Crippen LogP contribution in [0.5, 0.6) is 0 Å². The summed E-state index contributed by atoms with van der Waals surface area (Å²) in [7, 11) is 0. The van der Waals surface area contributed by atoms with E-state index in [-0.39, 0.29) is 0 Å². The number of unbranched alkanes of at least 4 members (excludes halogenated alkanes) is 1. The number of nitrogens with one attached hydrogen (secondary N) is 2. The van der Waals surface area contributed by atoms with Crippen molar-refractivity contribution in [2.75, 3.05) is 19.6 Å². The summed E-state index contributed by atoms with van der Waals surface area (Å²) in [6.07, 6.45) is 5.19. The third-order valence-electron chi connectivity index (χ3n) is 2.92. The monoisotopic (exact) mass is 214 g/mol. The van der Waals surface area contributed by atoms with E-state index in [1.165, 1.54) is 38.8 Å². The van der Waals surface area contributed by atoms with E-state index in [0.717, 1.165) is 12.5 Å². The molecule has 0 amide bonds. The molecule has 0 aliphatic carbocycles. The Morgan fingerprint density at radius 2 is 1.53 bits per heavy atom. The average Bonchev–Trinajstić information content (AvgIpc) is 2.22. The molecule has 0 aliphatic rings. The van der Waals surface area contributed by atoms with Crippen LogP contribution in [0.3, 0.4) is 0 Å². The summed E-state index contributed by atoms with van der Waals surface area (Å²) in [4.78, 5) is 0. The lowest BCUT2D eigenvalue weighted by Gasteiger charge is -2.13. The van der Waals surface area contributed by atoms with Gasteiger partial charge in [-0.05, 0) is 38.4 Å². The zero-order chi connectivity index (χ0) is 11.5. The second kappa shape index (κ2) is 10.4. The average molecular weight is 214 g/mol. The minimum absolute atomic E-state index is 0.627. The van der Waals surface area contributed by atoms with E-state index in [2.05, 4.69) is 38.3 Å². The lowest BCUT2D eigenvalue weighted by atomic mass is 10.0.